The van der Waals surface area contributed by atoms with Gasteiger partial charge in [-0.1, -0.05) is 23.7 Å². The number of carbonyl (C=O) groups is 1. The number of hydrogen-bond acceptors (Lipinski definition) is 4. The molecule has 0 radical (unpaired) electrons. The third-order valence-electron chi connectivity index (χ3n) is 2.92. The number of fused-ring (bicyclic) bond motifs is 1. The minimum absolute atomic E-state index is 0.00524. The van der Waals surface area contributed by atoms with Gasteiger partial charge in [0.15, 0.2) is 11.0 Å². The molecule has 1 aliphatic heterocycles. The van der Waals surface area contributed by atoms with E-state index in [2.05, 4.69) is 20.6 Å². The first kappa shape index (κ1) is 11.4. The lowest BCUT2D eigenvalue weighted by Gasteiger charge is -2.25. The van der Waals surface area contributed by atoms with E-state index in [1.807, 2.05) is 24.3 Å². The number of anilines is 1. The predicted molar refractivity (Wildman–Crippen MR) is 69.5 cm³/mol. The van der Waals surface area contributed by atoms with Crippen molar-refractivity contribution in [2.75, 3.05) is 18.4 Å². The number of rotatable bonds is 2. The fourth-order valence-electron chi connectivity index (χ4n) is 1.75. The number of benzene rings is 1. The normalized spacial score (nSPS) is 15.4. The molecular weight excluding hydrogens is 252 g/mol. The number of amides is 1. The molecular formula is C12H11ClN4O. The van der Waals surface area contributed by atoms with Crippen LogP contribution in [0.25, 0.3) is 11.0 Å². The van der Waals surface area contributed by atoms with Crippen molar-refractivity contribution in [2.24, 2.45) is 5.92 Å². The van der Waals surface area contributed by atoms with Crippen molar-refractivity contribution in [1.29, 1.82) is 0 Å². The highest BCUT2D eigenvalue weighted by Crippen LogP contribution is 2.21. The smallest absolute Gasteiger partial charge is 0.231 e. The highest BCUT2D eigenvalue weighted by Gasteiger charge is 2.25. The van der Waals surface area contributed by atoms with Crippen LogP contribution in [0.4, 0.5) is 5.82 Å². The van der Waals surface area contributed by atoms with Crippen molar-refractivity contribution in [3.8, 4) is 0 Å². The summed E-state index contributed by atoms with van der Waals surface area (Å²) < 4.78 is 0. The maximum Gasteiger partial charge on any atom is 0.231 e. The first-order valence-corrected chi connectivity index (χ1v) is 6.06. The van der Waals surface area contributed by atoms with Crippen molar-refractivity contribution in [1.82, 2.24) is 15.3 Å². The Morgan fingerprint density at radius 2 is 1.94 bits per heavy atom. The van der Waals surface area contributed by atoms with Crippen LogP contribution in [0.15, 0.2) is 24.3 Å². The van der Waals surface area contributed by atoms with Gasteiger partial charge in [-0.2, -0.15) is 0 Å². The van der Waals surface area contributed by atoms with E-state index in [9.17, 15) is 4.79 Å². The van der Waals surface area contributed by atoms with Crippen molar-refractivity contribution < 1.29 is 4.79 Å². The van der Waals surface area contributed by atoms with Crippen molar-refractivity contribution >= 4 is 34.4 Å². The molecule has 1 fully saturated rings. The second kappa shape index (κ2) is 4.51. The van der Waals surface area contributed by atoms with E-state index in [4.69, 9.17) is 11.6 Å². The van der Waals surface area contributed by atoms with E-state index in [0.29, 0.717) is 29.9 Å². The SMILES string of the molecule is O=C(Nc1nc2ccccc2nc1Cl)C1CNC1. The highest BCUT2D eigenvalue weighted by atomic mass is 35.5. The van der Waals surface area contributed by atoms with Gasteiger partial charge in [0.1, 0.15) is 0 Å². The molecule has 2 N–H and O–H groups in total. The molecule has 18 heavy (non-hydrogen) atoms. The molecule has 5 nitrogen and oxygen atoms in total. The van der Waals surface area contributed by atoms with Gasteiger partial charge in [0.05, 0.1) is 17.0 Å². The molecule has 0 bridgehead atoms. The van der Waals surface area contributed by atoms with Crippen LogP contribution in [-0.2, 0) is 4.79 Å². The van der Waals surface area contributed by atoms with Gasteiger partial charge in [-0.05, 0) is 12.1 Å². The molecule has 1 aromatic heterocycles. The van der Waals surface area contributed by atoms with E-state index in [-0.39, 0.29) is 17.0 Å². The highest BCUT2D eigenvalue weighted by molar-refractivity contribution is 6.32. The molecule has 6 heteroatoms. The summed E-state index contributed by atoms with van der Waals surface area (Å²) in [5.41, 5.74) is 1.43. The number of nitrogens with zero attached hydrogens (tertiary/aromatic N) is 2. The standard InChI is InChI=1S/C12H11ClN4O/c13-10-11(17-12(18)7-5-14-6-7)16-9-4-2-1-3-8(9)15-10/h1-4,7,14H,5-6H2,(H,16,17,18). The first-order chi connectivity index (χ1) is 8.74. The minimum atomic E-state index is -0.0692. The predicted octanol–water partition coefficient (Wildman–Crippen LogP) is 1.44. The zero-order chi connectivity index (χ0) is 12.5. The van der Waals surface area contributed by atoms with Crippen LogP contribution in [0.1, 0.15) is 0 Å². The Kier molecular flexibility index (Phi) is 2.85. The van der Waals surface area contributed by atoms with Crippen LogP contribution in [0, 0.1) is 5.92 Å². The quantitative estimate of drug-likeness (QED) is 0.860. The summed E-state index contributed by atoms with van der Waals surface area (Å²) in [7, 11) is 0. The molecule has 0 saturated carbocycles. The van der Waals surface area contributed by atoms with E-state index < -0.39 is 0 Å². The van der Waals surface area contributed by atoms with Crippen LogP contribution in [-0.4, -0.2) is 29.0 Å². The molecule has 2 heterocycles. The van der Waals surface area contributed by atoms with Gasteiger partial charge >= 0.3 is 0 Å². The molecule has 1 aliphatic rings. The van der Waals surface area contributed by atoms with Crippen LogP contribution in [0.2, 0.25) is 5.15 Å². The van der Waals surface area contributed by atoms with E-state index >= 15 is 0 Å². The minimum Gasteiger partial charge on any atom is -0.315 e. The topological polar surface area (TPSA) is 66.9 Å². The molecule has 0 aliphatic carbocycles. The molecule has 92 valence electrons. The van der Waals surface area contributed by atoms with E-state index in [1.165, 1.54) is 0 Å². The summed E-state index contributed by atoms with van der Waals surface area (Å²) in [6.07, 6.45) is 0. The fourth-order valence-corrected chi connectivity index (χ4v) is 1.93. The van der Waals surface area contributed by atoms with Gasteiger partial charge in [-0.3, -0.25) is 4.79 Å². The molecule has 1 saturated heterocycles. The zero-order valence-corrected chi connectivity index (χ0v) is 10.2. The third-order valence-corrected chi connectivity index (χ3v) is 3.19. The van der Waals surface area contributed by atoms with Crippen molar-refractivity contribution in [2.45, 2.75) is 0 Å². The van der Waals surface area contributed by atoms with Gasteiger partial charge in [-0.15, -0.1) is 0 Å². The molecule has 0 unspecified atom stereocenters. The molecule has 1 aromatic carbocycles. The van der Waals surface area contributed by atoms with Crippen molar-refractivity contribution in [3.63, 3.8) is 0 Å². The summed E-state index contributed by atoms with van der Waals surface area (Å²) in [5, 5.41) is 5.98. The lowest BCUT2D eigenvalue weighted by atomic mass is 10.0. The molecule has 2 aromatic rings. The fraction of sp³-hybridized carbons (Fsp3) is 0.250. The molecule has 0 spiro atoms. The van der Waals surface area contributed by atoms with Gasteiger partial charge < -0.3 is 10.6 Å². The Bertz CT molecular complexity index is 612. The van der Waals surface area contributed by atoms with E-state index in [1.54, 1.807) is 0 Å². The van der Waals surface area contributed by atoms with Crippen LogP contribution < -0.4 is 10.6 Å². The lowest BCUT2D eigenvalue weighted by molar-refractivity contribution is -0.121. The monoisotopic (exact) mass is 262 g/mol. The molecule has 1 amide bonds. The average molecular weight is 263 g/mol. The summed E-state index contributed by atoms with van der Waals surface area (Å²) in [4.78, 5) is 20.3. The summed E-state index contributed by atoms with van der Waals surface area (Å²) >= 11 is 6.01. The van der Waals surface area contributed by atoms with E-state index in [0.717, 1.165) is 0 Å². The maximum atomic E-state index is 11.8. The second-order valence-electron chi connectivity index (χ2n) is 4.20. The van der Waals surface area contributed by atoms with Gasteiger partial charge in [0, 0.05) is 13.1 Å². The van der Waals surface area contributed by atoms with Crippen LogP contribution in [0.5, 0.6) is 0 Å². The molecule has 0 atom stereocenters. The number of carbonyl (C=O) groups excluding carboxylic acids is 1. The number of halogens is 1. The lowest BCUT2D eigenvalue weighted by Crippen LogP contribution is -2.48. The number of para-hydroxylation sites is 2. The zero-order valence-electron chi connectivity index (χ0n) is 9.48. The Morgan fingerprint density at radius 1 is 1.28 bits per heavy atom. The summed E-state index contributed by atoms with van der Waals surface area (Å²) in [5.74, 6) is 0.252. The Hall–Kier alpha value is -1.72. The summed E-state index contributed by atoms with van der Waals surface area (Å²) in [6, 6.07) is 7.40. The summed E-state index contributed by atoms with van der Waals surface area (Å²) in [6.45, 7) is 1.40. The van der Waals surface area contributed by atoms with Crippen LogP contribution in [0.3, 0.4) is 0 Å². The van der Waals surface area contributed by atoms with Gasteiger partial charge in [0.25, 0.3) is 0 Å². The van der Waals surface area contributed by atoms with Crippen LogP contribution >= 0.6 is 11.6 Å². The first-order valence-electron chi connectivity index (χ1n) is 5.68. The average Bonchev–Trinajstić information content (AvgIpc) is 2.27. The van der Waals surface area contributed by atoms with Gasteiger partial charge in [0.2, 0.25) is 5.91 Å². The Morgan fingerprint density at radius 3 is 2.56 bits per heavy atom. The maximum absolute atomic E-state index is 11.8. The Labute approximate surface area is 109 Å². The molecule has 3 rings (SSSR count). The number of aromatic nitrogens is 2. The van der Waals surface area contributed by atoms with Gasteiger partial charge in [-0.25, -0.2) is 9.97 Å². The number of nitrogens with one attached hydrogen (secondary N) is 2. The largest absolute Gasteiger partial charge is 0.315 e. The Balaban J connectivity index is 1.91. The van der Waals surface area contributed by atoms with Crippen molar-refractivity contribution in [3.05, 3.63) is 29.4 Å². The number of hydrogen-bond donors (Lipinski definition) is 2. The second-order valence-corrected chi connectivity index (χ2v) is 4.55. The third kappa shape index (κ3) is 2.02.